The van der Waals surface area contributed by atoms with E-state index in [0.29, 0.717) is 6.42 Å². The second-order valence-electron chi connectivity index (χ2n) is 3.52. The van der Waals surface area contributed by atoms with E-state index in [1.54, 1.807) is 0 Å². The topological polar surface area (TPSA) is 87.7 Å². The highest BCUT2D eigenvalue weighted by Crippen LogP contribution is 2.17. The Kier molecular flexibility index (Phi) is 4.10. The van der Waals surface area contributed by atoms with Crippen LogP contribution < -0.4 is 5.63 Å². The Balaban J connectivity index is 2.94. The summed E-state index contributed by atoms with van der Waals surface area (Å²) in [6.07, 6.45) is 3.11. The molecule has 0 saturated heterocycles. The molecular weight excluding hydrogens is 212 g/mol. The van der Waals surface area contributed by atoms with Gasteiger partial charge in [0.2, 0.25) is 5.76 Å². The Bertz CT molecular complexity index is 432. The summed E-state index contributed by atoms with van der Waals surface area (Å²) in [6, 6.07) is 0.963. The fourth-order valence-corrected chi connectivity index (χ4v) is 1.39. The molecule has 1 aromatic rings. The van der Waals surface area contributed by atoms with Gasteiger partial charge in [-0.05, 0) is 12.8 Å². The maximum atomic E-state index is 11.4. The number of hydrogen-bond acceptors (Lipinski definition) is 4. The van der Waals surface area contributed by atoms with Crippen molar-refractivity contribution in [3.8, 4) is 5.75 Å². The van der Waals surface area contributed by atoms with Gasteiger partial charge in [-0.1, -0.05) is 19.8 Å². The third-order valence-electron chi connectivity index (χ3n) is 2.27. The molecule has 0 unspecified atom stereocenters. The first-order valence-corrected chi connectivity index (χ1v) is 5.15. The molecule has 1 rings (SSSR count). The number of carbonyl (C=O) groups is 1. The fraction of sp³-hybridized carbons (Fsp3) is 0.455. The molecule has 2 N–H and O–H groups in total. The Morgan fingerprint density at radius 2 is 2.12 bits per heavy atom. The van der Waals surface area contributed by atoms with Gasteiger partial charge in [-0.25, -0.2) is 9.59 Å². The Morgan fingerprint density at radius 3 is 2.62 bits per heavy atom. The predicted octanol–water partition coefficient (Wildman–Crippen LogP) is 1.78. The highest BCUT2D eigenvalue weighted by molar-refractivity contribution is 5.84. The molecule has 5 heteroatoms. The molecule has 16 heavy (non-hydrogen) atoms. The van der Waals surface area contributed by atoms with Crippen LogP contribution in [-0.4, -0.2) is 16.2 Å². The Labute approximate surface area is 92.3 Å². The Hall–Kier alpha value is -1.78. The molecule has 1 aromatic heterocycles. The zero-order valence-electron chi connectivity index (χ0n) is 9.02. The van der Waals surface area contributed by atoms with Crippen LogP contribution in [0.4, 0.5) is 0 Å². The first-order chi connectivity index (χ1) is 7.56. The molecule has 0 spiro atoms. The maximum absolute atomic E-state index is 11.4. The maximum Gasteiger partial charge on any atom is 0.372 e. The summed E-state index contributed by atoms with van der Waals surface area (Å²) in [6.45, 7) is 2.02. The average Bonchev–Trinajstić information content (AvgIpc) is 2.21. The molecule has 0 aliphatic rings. The standard InChI is InChI=1S/C11H14O5/c1-2-3-4-5-7-8(12)6-9(10(13)14)16-11(7)15/h6,12H,2-5H2,1H3,(H,13,14). The molecule has 0 radical (unpaired) electrons. The van der Waals surface area contributed by atoms with Crippen LogP contribution in [0, 0.1) is 0 Å². The number of rotatable bonds is 5. The van der Waals surface area contributed by atoms with Crippen LogP contribution in [0.3, 0.4) is 0 Å². The van der Waals surface area contributed by atoms with E-state index in [1.807, 2.05) is 6.92 Å². The molecule has 0 aliphatic carbocycles. The smallest absolute Gasteiger partial charge is 0.372 e. The summed E-state index contributed by atoms with van der Waals surface area (Å²) < 4.78 is 4.57. The van der Waals surface area contributed by atoms with E-state index in [2.05, 4.69) is 4.42 Å². The number of hydrogen-bond donors (Lipinski definition) is 2. The SMILES string of the molecule is CCCCCc1c(O)cc(C(=O)O)oc1=O. The molecule has 0 aliphatic heterocycles. The number of unbranched alkanes of at least 4 members (excludes halogenated alkanes) is 2. The highest BCUT2D eigenvalue weighted by Gasteiger charge is 2.14. The Morgan fingerprint density at radius 1 is 1.44 bits per heavy atom. The minimum atomic E-state index is -1.37. The third-order valence-corrected chi connectivity index (χ3v) is 2.27. The van der Waals surface area contributed by atoms with E-state index in [0.717, 1.165) is 25.3 Å². The molecular formula is C11H14O5. The van der Waals surface area contributed by atoms with Crippen molar-refractivity contribution in [3.63, 3.8) is 0 Å². The van der Waals surface area contributed by atoms with E-state index >= 15 is 0 Å². The molecule has 0 amide bonds. The lowest BCUT2D eigenvalue weighted by molar-refractivity contribution is 0.0655. The van der Waals surface area contributed by atoms with Crippen molar-refractivity contribution in [2.75, 3.05) is 0 Å². The lowest BCUT2D eigenvalue weighted by atomic mass is 10.1. The van der Waals surface area contributed by atoms with Crippen molar-refractivity contribution in [1.29, 1.82) is 0 Å². The summed E-state index contributed by atoms with van der Waals surface area (Å²) in [7, 11) is 0. The van der Waals surface area contributed by atoms with Crippen LogP contribution in [-0.2, 0) is 6.42 Å². The number of carboxylic acid groups (broad SMARTS) is 1. The minimum Gasteiger partial charge on any atom is -0.507 e. The first kappa shape index (κ1) is 12.3. The van der Waals surface area contributed by atoms with Crippen LogP contribution >= 0.6 is 0 Å². The van der Waals surface area contributed by atoms with Crippen LogP contribution in [0.2, 0.25) is 0 Å². The van der Waals surface area contributed by atoms with Gasteiger partial charge in [0.05, 0.1) is 5.56 Å². The van der Waals surface area contributed by atoms with Crippen molar-refractivity contribution in [2.24, 2.45) is 0 Å². The zero-order chi connectivity index (χ0) is 12.1. The summed E-state index contributed by atoms with van der Waals surface area (Å²) in [5.41, 5.74) is -0.619. The molecule has 1 heterocycles. The van der Waals surface area contributed by atoms with Gasteiger partial charge < -0.3 is 14.6 Å². The highest BCUT2D eigenvalue weighted by atomic mass is 16.4. The predicted molar refractivity (Wildman–Crippen MR) is 56.8 cm³/mol. The van der Waals surface area contributed by atoms with Crippen molar-refractivity contribution in [2.45, 2.75) is 32.6 Å². The second-order valence-corrected chi connectivity index (χ2v) is 3.52. The number of aromatic carboxylic acids is 1. The molecule has 5 nitrogen and oxygen atoms in total. The van der Waals surface area contributed by atoms with Crippen molar-refractivity contribution >= 4 is 5.97 Å². The molecule has 88 valence electrons. The van der Waals surface area contributed by atoms with Gasteiger partial charge in [-0.3, -0.25) is 0 Å². The van der Waals surface area contributed by atoms with Gasteiger partial charge in [0.15, 0.2) is 0 Å². The largest absolute Gasteiger partial charge is 0.507 e. The van der Waals surface area contributed by atoms with Gasteiger partial charge in [0.25, 0.3) is 0 Å². The zero-order valence-corrected chi connectivity index (χ0v) is 9.02. The number of carboxylic acids is 1. The molecule has 0 fully saturated rings. The minimum absolute atomic E-state index is 0.151. The summed E-state index contributed by atoms with van der Waals surface area (Å²) in [5.74, 6) is -2.21. The van der Waals surface area contributed by atoms with Gasteiger partial charge >= 0.3 is 11.6 Å². The summed E-state index contributed by atoms with van der Waals surface area (Å²) >= 11 is 0. The molecule has 0 atom stereocenters. The molecule has 0 aromatic carbocycles. The van der Waals surface area contributed by atoms with Crippen LogP contribution in [0.5, 0.6) is 5.75 Å². The fourth-order valence-electron chi connectivity index (χ4n) is 1.39. The lowest BCUT2D eigenvalue weighted by Crippen LogP contribution is -2.11. The average molecular weight is 226 g/mol. The van der Waals surface area contributed by atoms with E-state index in [4.69, 9.17) is 5.11 Å². The monoisotopic (exact) mass is 226 g/mol. The third kappa shape index (κ3) is 2.85. The van der Waals surface area contributed by atoms with Crippen molar-refractivity contribution in [1.82, 2.24) is 0 Å². The van der Waals surface area contributed by atoms with Crippen LogP contribution in [0.1, 0.15) is 42.3 Å². The van der Waals surface area contributed by atoms with Crippen LogP contribution in [0.25, 0.3) is 0 Å². The van der Waals surface area contributed by atoms with Crippen molar-refractivity contribution in [3.05, 3.63) is 27.8 Å². The normalized spacial score (nSPS) is 10.3. The van der Waals surface area contributed by atoms with E-state index in [9.17, 15) is 14.7 Å². The van der Waals surface area contributed by atoms with Gasteiger partial charge in [0, 0.05) is 6.07 Å². The molecule has 0 bridgehead atoms. The quantitative estimate of drug-likeness (QED) is 0.747. The summed E-state index contributed by atoms with van der Waals surface area (Å²) in [5, 5.41) is 18.1. The molecule has 0 saturated carbocycles. The summed E-state index contributed by atoms with van der Waals surface area (Å²) in [4.78, 5) is 21.9. The lowest BCUT2D eigenvalue weighted by Gasteiger charge is -2.02. The van der Waals surface area contributed by atoms with Gasteiger partial charge in [-0.2, -0.15) is 0 Å². The first-order valence-electron chi connectivity index (χ1n) is 5.15. The number of aromatic hydroxyl groups is 1. The van der Waals surface area contributed by atoms with E-state index in [-0.39, 0.29) is 11.3 Å². The van der Waals surface area contributed by atoms with Crippen molar-refractivity contribution < 1.29 is 19.4 Å². The van der Waals surface area contributed by atoms with E-state index in [1.165, 1.54) is 0 Å². The van der Waals surface area contributed by atoms with Gasteiger partial charge in [-0.15, -0.1) is 0 Å². The second kappa shape index (κ2) is 5.34. The van der Waals surface area contributed by atoms with Gasteiger partial charge in [0.1, 0.15) is 5.75 Å². The van der Waals surface area contributed by atoms with E-state index < -0.39 is 17.4 Å². The van der Waals surface area contributed by atoms with Crippen LogP contribution in [0.15, 0.2) is 15.3 Å².